The van der Waals surface area contributed by atoms with Crippen molar-refractivity contribution >= 4 is 34.1 Å². The maximum Gasteiger partial charge on any atom is 0.186 e. The molecule has 0 aliphatic heterocycles. The second-order valence-corrected chi connectivity index (χ2v) is 4.10. The zero-order valence-corrected chi connectivity index (χ0v) is 8.65. The maximum absolute atomic E-state index is 9.41. The van der Waals surface area contributed by atoms with Gasteiger partial charge in [-0.05, 0) is 18.2 Å². The van der Waals surface area contributed by atoms with Gasteiger partial charge in [-0.2, -0.15) is 0 Å². The van der Waals surface area contributed by atoms with Gasteiger partial charge in [0, 0.05) is 10.1 Å². The highest BCUT2D eigenvalue weighted by Gasteiger charge is 2.07. The topological polar surface area (TPSA) is 29.5 Å². The molecule has 4 heteroatoms. The Kier molecular flexibility index (Phi) is 2.09. The van der Waals surface area contributed by atoms with Crippen LogP contribution in [0.3, 0.4) is 0 Å². The molecule has 2 aromatic rings. The Balaban J connectivity index is 2.73. The second-order valence-electron chi connectivity index (χ2n) is 2.62. The van der Waals surface area contributed by atoms with Gasteiger partial charge in [0.15, 0.2) is 5.06 Å². The van der Waals surface area contributed by atoms with E-state index in [2.05, 4.69) is 12.6 Å². The fourth-order valence-electron chi connectivity index (χ4n) is 1.18. The average Bonchev–Trinajstić information content (AvgIpc) is 2.42. The van der Waals surface area contributed by atoms with Crippen molar-refractivity contribution in [3.8, 4) is 10.8 Å². The smallest absolute Gasteiger partial charge is 0.186 e. The lowest BCUT2D eigenvalue weighted by atomic mass is 10.2. The molecule has 2 nitrogen and oxygen atoms in total. The van der Waals surface area contributed by atoms with Crippen LogP contribution in [0.2, 0.25) is 0 Å². The molecule has 0 bridgehead atoms. The Morgan fingerprint density at radius 3 is 2.92 bits per heavy atom. The average molecular weight is 212 g/mol. The van der Waals surface area contributed by atoms with Gasteiger partial charge in [-0.1, -0.05) is 11.3 Å². The zero-order valence-electron chi connectivity index (χ0n) is 6.94. The number of rotatable bonds is 1. The molecule has 1 aromatic carbocycles. The summed E-state index contributed by atoms with van der Waals surface area (Å²) in [7, 11) is 1.62. The fraction of sp³-hybridized carbons (Fsp3) is 0.111. The van der Waals surface area contributed by atoms with Gasteiger partial charge in [-0.15, -0.1) is 12.6 Å². The molecule has 1 N–H and O–H groups in total. The molecule has 0 unspecified atom stereocenters. The van der Waals surface area contributed by atoms with Crippen molar-refractivity contribution < 1.29 is 9.84 Å². The largest absolute Gasteiger partial charge is 0.499 e. The number of thiophene rings is 1. The number of fused-ring (bicyclic) bond motifs is 1. The van der Waals surface area contributed by atoms with Gasteiger partial charge in [-0.3, -0.25) is 0 Å². The highest BCUT2D eigenvalue weighted by Crippen LogP contribution is 2.40. The molecular weight excluding hydrogens is 204 g/mol. The van der Waals surface area contributed by atoms with Crippen LogP contribution in [0.1, 0.15) is 0 Å². The molecular formula is C9H8O2S2. The molecule has 1 heterocycles. The quantitative estimate of drug-likeness (QED) is 0.712. The van der Waals surface area contributed by atoms with Crippen molar-refractivity contribution in [1.29, 1.82) is 0 Å². The van der Waals surface area contributed by atoms with Crippen LogP contribution in [0.25, 0.3) is 10.1 Å². The van der Waals surface area contributed by atoms with Crippen molar-refractivity contribution in [2.45, 2.75) is 4.90 Å². The summed E-state index contributed by atoms with van der Waals surface area (Å²) in [6, 6.07) is 5.64. The van der Waals surface area contributed by atoms with Crippen molar-refractivity contribution in [2.75, 3.05) is 7.11 Å². The standard InChI is InChI=1S/C9H8O2S2/c1-11-5-2-3-6-7(4-5)13-9(10)8(6)12/h2-4,10,12H,1H3. The molecule has 0 aliphatic rings. The molecule has 0 fully saturated rings. The van der Waals surface area contributed by atoms with E-state index in [0.717, 1.165) is 15.8 Å². The molecule has 0 saturated carbocycles. The van der Waals surface area contributed by atoms with Crippen LogP contribution in [0.5, 0.6) is 10.8 Å². The van der Waals surface area contributed by atoms with Crippen LogP contribution in [0, 0.1) is 0 Å². The van der Waals surface area contributed by atoms with Gasteiger partial charge in [0.2, 0.25) is 0 Å². The van der Waals surface area contributed by atoms with Crippen molar-refractivity contribution in [2.24, 2.45) is 0 Å². The van der Waals surface area contributed by atoms with Crippen LogP contribution in [0.15, 0.2) is 23.1 Å². The van der Waals surface area contributed by atoms with Gasteiger partial charge in [0.1, 0.15) is 5.75 Å². The number of thiol groups is 1. The van der Waals surface area contributed by atoms with Gasteiger partial charge in [0.05, 0.1) is 12.0 Å². The van der Waals surface area contributed by atoms with E-state index in [0.29, 0.717) is 4.90 Å². The molecule has 68 valence electrons. The highest BCUT2D eigenvalue weighted by atomic mass is 32.1. The van der Waals surface area contributed by atoms with Gasteiger partial charge in [0.25, 0.3) is 0 Å². The summed E-state index contributed by atoms with van der Waals surface area (Å²) >= 11 is 5.51. The number of aromatic hydroxyl groups is 1. The lowest BCUT2D eigenvalue weighted by molar-refractivity contribution is 0.415. The Bertz CT molecular complexity index is 448. The van der Waals surface area contributed by atoms with E-state index in [-0.39, 0.29) is 5.06 Å². The van der Waals surface area contributed by atoms with Gasteiger partial charge < -0.3 is 9.84 Å². The summed E-state index contributed by atoms with van der Waals surface area (Å²) < 4.78 is 6.06. The molecule has 0 radical (unpaired) electrons. The van der Waals surface area contributed by atoms with Crippen LogP contribution in [0.4, 0.5) is 0 Å². The molecule has 0 atom stereocenters. The maximum atomic E-state index is 9.41. The lowest BCUT2D eigenvalue weighted by Gasteiger charge is -1.97. The SMILES string of the molecule is COc1ccc2c(S)c(O)sc2c1. The van der Waals surface area contributed by atoms with Crippen LogP contribution < -0.4 is 4.74 Å². The molecule has 2 rings (SSSR count). The second kappa shape index (κ2) is 3.12. The highest BCUT2D eigenvalue weighted by molar-refractivity contribution is 7.81. The van der Waals surface area contributed by atoms with Crippen LogP contribution in [-0.2, 0) is 0 Å². The number of hydrogen-bond acceptors (Lipinski definition) is 4. The minimum absolute atomic E-state index is 0.256. The monoisotopic (exact) mass is 212 g/mol. The van der Waals surface area contributed by atoms with Crippen molar-refractivity contribution in [3.63, 3.8) is 0 Å². The van der Waals surface area contributed by atoms with E-state index >= 15 is 0 Å². The van der Waals surface area contributed by atoms with E-state index in [9.17, 15) is 5.11 Å². The van der Waals surface area contributed by atoms with Crippen molar-refractivity contribution in [3.05, 3.63) is 18.2 Å². The molecule has 0 saturated heterocycles. The fourth-order valence-corrected chi connectivity index (χ4v) is 2.46. The third-order valence-electron chi connectivity index (χ3n) is 1.85. The Labute approximate surface area is 85.2 Å². The predicted molar refractivity (Wildman–Crippen MR) is 57.3 cm³/mol. The third kappa shape index (κ3) is 1.36. The number of ether oxygens (including phenoxy) is 1. The minimum Gasteiger partial charge on any atom is -0.499 e. The lowest BCUT2D eigenvalue weighted by Crippen LogP contribution is -1.79. The first kappa shape index (κ1) is 8.72. The summed E-state index contributed by atoms with van der Waals surface area (Å²) in [5.41, 5.74) is 0. The molecule has 13 heavy (non-hydrogen) atoms. The van der Waals surface area contributed by atoms with E-state index in [4.69, 9.17) is 4.74 Å². The van der Waals surface area contributed by atoms with E-state index < -0.39 is 0 Å². The summed E-state index contributed by atoms with van der Waals surface area (Å²) in [6.45, 7) is 0. The van der Waals surface area contributed by atoms with Crippen LogP contribution in [-0.4, -0.2) is 12.2 Å². The minimum atomic E-state index is 0.256. The van der Waals surface area contributed by atoms with E-state index in [1.165, 1.54) is 11.3 Å². The number of methoxy groups -OCH3 is 1. The summed E-state index contributed by atoms with van der Waals surface area (Å²) in [6.07, 6.45) is 0. The Morgan fingerprint density at radius 2 is 2.23 bits per heavy atom. The first-order chi connectivity index (χ1) is 6.22. The van der Waals surface area contributed by atoms with Gasteiger partial charge in [-0.25, -0.2) is 0 Å². The number of benzene rings is 1. The predicted octanol–water partition coefficient (Wildman–Crippen LogP) is 2.90. The third-order valence-corrected chi connectivity index (χ3v) is 3.41. The van der Waals surface area contributed by atoms with Gasteiger partial charge >= 0.3 is 0 Å². The zero-order chi connectivity index (χ0) is 9.42. The first-order valence-corrected chi connectivity index (χ1v) is 4.97. The Morgan fingerprint density at radius 1 is 1.46 bits per heavy atom. The first-order valence-electron chi connectivity index (χ1n) is 3.71. The van der Waals surface area contributed by atoms with E-state index in [1.807, 2.05) is 18.2 Å². The summed E-state index contributed by atoms with van der Waals surface area (Å²) in [5.74, 6) is 0.794. The summed E-state index contributed by atoms with van der Waals surface area (Å²) in [5, 5.41) is 10.6. The Hall–Kier alpha value is -0.870. The molecule has 0 amide bonds. The summed E-state index contributed by atoms with van der Waals surface area (Å²) in [4.78, 5) is 0.641. The van der Waals surface area contributed by atoms with Crippen molar-refractivity contribution in [1.82, 2.24) is 0 Å². The normalized spacial score (nSPS) is 10.6. The molecule has 1 aromatic heterocycles. The van der Waals surface area contributed by atoms with Crippen LogP contribution >= 0.6 is 24.0 Å². The number of hydrogen-bond donors (Lipinski definition) is 2. The molecule has 0 spiro atoms. The van der Waals surface area contributed by atoms with E-state index in [1.54, 1.807) is 7.11 Å². The molecule has 0 aliphatic carbocycles.